The summed E-state index contributed by atoms with van der Waals surface area (Å²) in [6, 6.07) is 9.50. The molecule has 0 aliphatic rings. The van der Waals surface area contributed by atoms with E-state index in [9.17, 15) is 14.9 Å². The van der Waals surface area contributed by atoms with Crippen LogP contribution in [-0.4, -0.2) is 11.2 Å². The van der Waals surface area contributed by atoms with Crippen LogP contribution in [0.3, 0.4) is 0 Å². The Balaban J connectivity index is 2.38. The van der Waals surface area contributed by atoms with E-state index in [1.165, 1.54) is 6.07 Å². The number of nitro groups is 1. The van der Waals surface area contributed by atoms with Gasteiger partial charge in [0.15, 0.2) is 0 Å². The van der Waals surface area contributed by atoms with Gasteiger partial charge in [0.25, 0.3) is 5.69 Å². The van der Waals surface area contributed by atoms with E-state index in [-0.39, 0.29) is 5.69 Å². The highest BCUT2D eigenvalue weighted by Gasteiger charge is 2.15. The molecule has 20 heavy (non-hydrogen) atoms. The van der Waals surface area contributed by atoms with E-state index < -0.39 is 4.92 Å². The van der Waals surface area contributed by atoms with E-state index in [2.05, 4.69) is 15.9 Å². The minimum Gasteiger partial charge on any atom is -0.456 e. The van der Waals surface area contributed by atoms with Crippen molar-refractivity contribution in [2.45, 2.75) is 6.92 Å². The van der Waals surface area contributed by atoms with Crippen molar-refractivity contribution < 1.29 is 14.5 Å². The minimum absolute atomic E-state index is 0.00290. The maximum absolute atomic E-state index is 10.9. The molecule has 102 valence electrons. The second-order valence-electron chi connectivity index (χ2n) is 4.07. The first-order chi connectivity index (χ1) is 9.52. The van der Waals surface area contributed by atoms with E-state index in [4.69, 9.17) is 4.74 Å². The molecular formula is C14H10BrNO4. The fourth-order valence-corrected chi connectivity index (χ4v) is 2.18. The molecule has 2 aromatic carbocycles. The van der Waals surface area contributed by atoms with Gasteiger partial charge in [-0.25, -0.2) is 0 Å². The third kappa shape index (κ3) is 2.85. The first-order valence-corrected chi connectivity index (χ1v) is 6.49. The monoisotopic (exact) mass is 335 g/mol. The van der Waals surface area contributed by atoms with Crippen LogP contribution < -0.4 is 4.74 Å². The molecule has 5 nitrogen and oxygen atoms in total. The van der Waals surface area contributed by atoms with Gasteiger partial charge in [-0.05, 0) is 47.1 Å². The number of nitro benzene ring substituents is 1. The molecule has 2 aromatic rings. The number of ether oxygens (including phenoxy) is 1. The number of nitrogens with zero attached hydrogens (tertiary/aromatic N) is 1. The normalized spacial score (nSPS) is 10.1. The molecule has 0 aliphatic heterocycles. The predicted octanol–water partition coefficient (Wildman–Crippen LogP) is 4.27. The lowest BCUT2D eigenvalue weighted by atomic mass is 10.2. The van der Waals surface area contributed by atoms with Crippen molar-refractivity contribution in [3.8, 4) is 11.5 Å². The summed E-state index contributed by atoms with van der Waals surface area (Å²) < 4.78 is 6.27. The van der Waals surface area contributed by atoms with Crippen LogP contribution in [0.25, 0.3) is 0 Å². The Morgan fingerprint density at radius 1 is 1.25 bits per heavy atom. The molecule has 0 atom stereocenters. The van der Waals surface area contributed by atoms with Crippen molar-refractivity contribution >= 4 is 27.9 Å². The number of aldehydes is 1. The SMILES string of the molecule is Cc1c(Oc2ccc(C=O)cc2Br)cccc1[N+](=O)[O-]. The van der Waals surface area contributed by atoms with Crippen LogP contribution in [0.5, 0.6) is 11.5 Å². The molecule has 0 aliphatic carbocycles. The van der Waals surface area contributed by atoms with Gasteiger partial charge in [0.2, 0.25) is 0 Å². The molecule has 6 heteroatoms. The van der Waals surface area contributed by atoms with Gasteiger partial charge < -0.3 is 4.74 Å². The zero-order valence-corrected chi connectivity index (χ0v) is 12.1. The lowest BCUT2D eigenvalue weighted by Crippen LogP contribution is -1.95. The Morgan fingerprint density at radius 2 is 2.00 bits per heavy atom. The lowest BCUT2D eigenvalue weighted by molar-refractivity contribution is -0.385. The summed E-state index contributed by atoms with van der Waals surface area (Å²) in [7, 11) is 0. The van der Waals surface area contributed by atoms with Crippen molar-refractivity contribution in [1.29, 1.82) is 0 Å². The van der Waals surface area contributed by atoms with E-state index in [1.807, 2.05) is 0 Å². The molecule has 0 saturated carbocycles. The van der Waals surface area contributed by atoms with E-state index in [1.54, 1.807) is 37.3 Å². The predicted molar refractivity (Wildman–Crippen MR) is 77.4 cm³/mol. The molecule has 0 N–H and O–H groups in total. The maximum Gasteiger partial charge on any atom is 0.276 e. The van der Waals surface area contributed by atoms with Crippen LogP contribution in [0.1, 0.15) is 15.9 Å². The summed E-state index contributed by atoms with van der Waals surface area (Å²) in [6.45, 7) is 1.63. The molecule has 0 unspecified atom stereocenters. The summed E-state index contributed by atoms with van der Waals surface area (Å²) in [5.74, 6) is 0.887. The molecule has 0 amide bonds. The first kappa shape index (κ1) is 14.2. The van der Waals surface area contributed by atoms with Gasteiger partial charge in [-0.3, -0.25) is 14.9 Å². The maximum atomic E-state index is 10.9. The molecule has 0 fully saturated rings. The van der Waals surface area contributed by atoms with Gasteiger partial charge in [-0.15, -0.1) is 0 Å². The van der Waals surface area contributed by atoms with E-state index in [0.29, 0.717) is 27.1 Å². The van der Waals surface area contributed by atoms with Crippen LogP contribution in [0.4, 0.5) is 5.69 Å². The Labute approximate surface area is 123 Å². The van der Waals surface area contributed by atoms with Crippen LogP contribution in [-0.2, 0) is 0 Å². The number of carbonyl (C=O) groups is 1. The number of rotatable bonds is 4. The van der Waals surface area contributed by atoms with Crippen LogP contribution in [0.15, 0.2) is 40.9 Å². The van der Waals surface area contributed by atoms with Gasteiger partial charge in [0, 0.05) is 11.6 Å². The van der Waals surface area contributed by atoms with Crippen LogP contribution in [0, 0.1) is 17.0 Å². The van der Waals surface area contributed by atoms with E-state index in [0.717, 1.165) is 6.29 Å². The average molecular weight is 336 g/mol. The fourth-order valence-electron chi connectivity index (χ4n) is 1.70. The third-order valence-corrected chi connectivity index (χ3v) is 3.38. The molecule has 0 radical (unpaired) electrons. The quantitative estimate of drug-likeness (QED) is 0.475. The van der Waals surface area contributed by atoms with Gasteiger partial charge >= 0.3 is 0 Å². The molecule has 0 saturated heterocycles. The molecular weight excluding hydrogens is 326 g/mol. The number of benzene rings is 2. The second-order valence-corrected chi connectivity index (χ2v) is 4.92. The summed E-state index contributed by atoms with van der Waals surface area (Å²) in [4.78, 5) is 21.1. The standard InChI is InChI=1S/C14H10BrNO4/c1-9-12(16(18)19)3-2-4-13(9)20-14-6-5-10(8-17)7-11(14)15/h2-8H,1H3. The first-order valence-electron chi connectivity index (χ1n) is 5.69. The van der Waals surface area contributed by atoms with Crippen molar-refractivity contribution in [2.75, 3.05) is 0 Å². The summed E-state index contributed by atoms with van der Waals surface area (Å²) in [5, 5.41) is 10.9. The highest BCUT2D eigenvalue weighted by molar-refractivity contribution is 9.10. The zero-order chi connectivity index (χ0) is 14.7. The number of carbonyl (C=O) groups excluding carboxylic acids is 1. The number of hydrogen-bond acceptors (Lipinski definition) is 4. The molecule has 0 spiro atoms. The molecule has 0 bridgehead atoms. The fraction of sp³-hybridized carbons (Fsp3) is 0.0714. The number of halogens is 1. The summed E-state index contributed by atoms with van der Waals surface area (Å²) in [6.07, 6.45) is 0.729. The number of hydrogen-bond donors (Lipinski definition) is 0. The van der Waals surface area contributed by atoms with Gasteiger partial charge in [0.1, 0.15) is 17.8 Å². The summed E-state index contributed by atoms with van der Waals surface area (Å²) in [5.41, 5.74) is 0.965. The van der Waals surface area contributed by atoms with Gasteiger partial charge in [-0.2, -0.15) is 0 Å². The Kier molecular flexibility index (Phi) is 4.14. The molecule has 0 aromatic heterocycles. The Morgan fingerprint density at radius 3 is 2.60 bits per heavy atom. The topological polar surface area (TPSA) is 69.4 Å². The van der Waals surface area contributed by atoms with Gasteiger partial charge in [-0.1, -0.05) is 6.07 Å². The zero-order valence-electron chi connectivity index (χ0n) is 10.5. The van der Waals surface area contributed by atoms with E-state index >= 15 is 0 Å². The minimum atomic E-state index is -0.452. The van der Waals surface area contributed by atoms with Gasteiger partial charge in [0.05, 0.1) is 15.0 Å². The van der Waals surface area contributed by atoms with Crippen LogP contribution in [0.2, 0.25) is 0 Å². The molecule has 2 rings (SSSR count). The molecule has 0 heterocycles. The largest absolute Gasteiger partial charge is 0.456 e. The third-order valence-electron chi connectivity index (χ3n) is 2.76. The second kappa shape index (κ2) is 5.83. The highest BCUT2D eigenvalue weighted by Crippen LogP contribution is 2.34. The van der Waals surface area contributed by atoms with Crippen molar-refractivity contribution in [1.82, 2.24) is 0 Å². The lowest BCUT2D eigenvalue weighted by Gasteiger charge is -2.10. The smallest absolute Gasteiger partial charge is 0.276 e. The van der Waals surface area contributed by atoms with Crippen molar-refractivity contribution in [3.63, 3.8) is 0 Å². The summed E-state index contributed by atoms with van der Waals surface area (Å²) >= 11 is 3.30. The average Bonchev–Trinajstić information content (AvgIpc) is 2.42. The van der Waals surface area contributed by atoms with Crippen molar-refractivity contribution in [3.05, 3.63) is 62.1 Å². The van der Waals surface area contributed by atoms with Crippen molar-refractivity contribution in [2.24, 2.45) is 0 Å². The van der Waals surface area contributed by atoms with Crippen LogP contribution >= 0.6 is 15.9 Å². The Hall–Kier alpha value is -2.21. The Bertz CT molecular complexity index is 685. The highest BCUT2D eigenvalue weighted by atomic mass is 79.9.